The van der Waals surface area contributed by atoms with Gasteiger partial charge in [0.25, 0.3) is 0 Å². The maximum absolute atomic E-state index is 11.7. The van der Waals surface area contributed by atoms with Gasteiger partial charge in [0.1, 0.15) is 23.5 Å². The fraction of sp³-hybridized carbons (Fsp3) is 0.583. The van der Waals surface area contributed by atoms with E-state index >= 15 is 0 Å². The van der Waals surface area contributed by atoms with Crippen molar-refractivity contribution >= 4 is 17.5 Å². The van der Waals surface area contributed by atoms with Gasteiger partial charge >= 0.3 is 0 Å². The lowest BCUT2D eigenvalue weighted by Gasteiger charge is -2.15. The Hall–Kier alpha value is -1.85. The van der Waals surface area contributed by atoms with Gasteiger partial charge in [0.05, 0.1) is 0 Å². The molecule has 1 rings (SSSR count). The van der Waals surface area contributed by atoms with Crippen molar-refractivity contribution in [1.82, 2.24) is 15.3 Å². The molecule has 18 heavy (non-hydrogen) atoms. The number of anilines is 2. The van der Waals surface area contributed by atoms with Crippen LogP contribution in [0.3, 0.4) is 0 Å². The van der Waals surface area contributed by atoms with Crippen LogP contribution in [0.4, 0.5) is 11.6 Å². The molecule has 100 valence electrons. The molecule has 1 unspecified atom stereocenters. The summed E-state index contributed by atoms with van der Waals surface area (Å²) in [5, 5.41) is 5.84. The Kier molecular flexibility index (Phi) is 5.35. The molecule has 1 aromatic rings. The van der Waals surface area contributed by atoms with Crippen molar-refractivity contribution in [2.45, 2.75) is 39.7 Å². The number of carbonyl (C=O) groups excluding carboxylic acids is 1. The molecule has 1 heterocycles. The number of nitrogen functional groups attached to an aromatic ring is 1. The number of nitrogens with zero attached hydrogens (tertiary/aromatic N) is 2. The zero-order valence-corrected chi connectivity index (χ0v) is 11.2. The van der Waals surface area contributed by atoms with Gasteiger partial charge in [0.2, 0.25) is 5.91 Å². The molecule has 0 radical (unpaired) electrons. The first-order chi connectivity index (χ1) is 8.56. The number of rotatable bonds is 6. The van der Waals surface area contributed by atoms with E-state index in [2.05, 4.69) is 20.6 Å². The van der Waals surface area contributed by atoms with Crippen LogP contribution in [0.15, 0.2) is 6.07 Å². The van der Waals surface area contributed by atoms with Crippen LogP contribution in [0.2, 0.25) is 0 Å². The molecule has 1 aromatic heterocycles. The van der Waals surface area contributed by atoms with Crippen LogP contribution in [0.1, 0.15) is 33.0 Å². The summed E-state index contributed by atoms with van der Waals surface area (Å²) < 4.78 is 0. The minimum absolute atomic E-state index is 0.0490. The van der Waals surface area contributed by atoms with Gasteiger partial charge in [-0.05, 0) is 13.3 Å². The summed E-state index contributed by atoms with van der Waals surface area (Å²) in [5.41, 5.74) is 5.68. The Morgan fingerprint density at radius 1 is 1.44 bits per heavy atom. The predicted octanol–water partition coefficient (Wildman–Crippen LogP) is 0.948. The molecular weight excluding hydrogens is 230 g/mol. The fourth-order valence-corrected chi connectivity index (χ4v) is 1.44. The minimum Gasteiger partial charge on any atom is -0.384 e. The van der Waals surface area contributed by atoms with Crippen LogP contribution < -0.4 is 16.4 Å². The summed E-state index contributed by atoms with van der Waals surface area (Å²) in [6, 6.07) is 1.28. The Morgan fingerprint density at radius 3 is 2.78 bits per heavy atom. The molecule has 0 aliphatic carbocycles. The summed E-state index contributed by atoms with van der Waals surface area (Å²) in [7, 11) is 0. The third-order valence-corrected chi connectivity index (χ3v) is 2.42. The molecule has 0 spiro atoms. The van der Waals surface area contributed by atoms with E-state index in [0.717, 1.165) is 6.42 Å². The quantitative estimate of drug-likeness (QED) is 0.700. The van der Waals surface area contributed by atoms with Gasteiger partial charge in [-0.1, -0.05) is 13.8 Å². The van der Waals surface area contributed by atoms with Crippen molar-refractivity contribution < 1.29 is 4.79 Å². The van der Waals surface area contributed by atoms with Gasteiger partial charge in [0.15, 0.2) is 0 Å². The summed E-state index contributed by atoms with van der Waals surface area (Å²) in [5.74, 6) is 1.61. The average molecular weight is 251 g/mol. The number of hydrogen-bond acceptors (Lipinski definition) is 5. The molecule has 6 nitrogen and oxygen atoms in total. The largest absolute Gasteiger partial charge is 0.384 e. The van der Waals surface area contributed by atoms with E-state index in [9.17, 15) is 4.79 Å². The van der Waals surface area contributed by atoms with Crippen molar-refractivity contribution in [2.75, 3.05) is 17.6 Å². The second-order valence-electron chi connectivity index (χ2n) is 4.10. The van der Waals surface area contributed by atoms with Crippen LogP contribution in [-0.4, -0.2) is 28.5 Å². The Balaban J connectivity index is 2.66. The standard InChI is InChI=1S/C12H21N5O/c1-4-6-14-12(18)8(3)15-11-7-9(13)16-10(5-2)17-11/h7-8H,4-6H2,1-3H3,(H,14,18)(H3,13,15,16,17). The van der Waals surface area contributed by atoms with E-state index < -0.39 is 0 Å². The van der Waals surface area contributed by atoms with Crippen molar-refractivity contribution in [3.05, 3.63) is 11.9 Å². The number of carbonyl (C=O) groups is 1. The Labute approximate surface area is 107 Å². The smallest absolute Gasteiger partial charge is 0.242 e. The highest BCUT2D eigenvalue weighted by Gasteiger charge is 2.12. The highest BCUT2D eigenvalue weighted by molar-refractivity contribution is 5.83. The van der Waals surface area contributed by atoms with Crippen molar-refractivity contribution in [3.8, 4) is 0 Å². The zero-order chi connectivity index (χ0) is 13.5. The summed E-state index contributed by atoms with van der Waals surface area (Å²) in [6.45, 7) is 6.43. The first kappa shape index (κ1) is 14.2. The second kappa shape index (κ2) is 6.78. The lowest BCUT2D eigenvalue weighted by molar-refractivity contribution is -0.121. The van der Waals surface area contributed by atoms with Gasteiger partial charge in [-0.15, -0.1) is 0 Å². The van der Waals surface area contributed by atoms with Crippen LogP contribution in [0.25, 0.3) is 0 Å². The van der Waals surface area contributed by atoms with E-state index in [4.69, 9.17) is 5.73 Å². The first-order valence-electron chi connectivity index (χ1n) is 6.24. The fourth-order valence-electron chi connectivity index (χ4n) is 1.44. The van der Waals surface area contributed by atoms with Crippen LogP contribution in [0, 0.1) is 0 Å². The topological polar surface area (TPSA) is 92.9 Å². The van der Waals surface area contributed by atoms with E-state index in [1.54, 1.807) is 13.0 Å². The molecule has 0 bridgehead atoms. The molecule has 0 fully saturated rings. The second-order valence-corrected chi connectivity index (χ2v) is 4.10. The molecule has 4 N–H and O–H groups in total. The molecule has 0 saturated heterocycles. The van der Waals surface area contributed by atoms with Gasteiger partial charge in [0, 0.05) is 19.0 Å². The highest BCUT2D eigenvalue weighted by Crippen LogP contribution is 2.10. The number of aromatic nitrogens is 2. The minimum atomic E-state index is -0.351. The molecule has 0 aliphatic rings. The van der Waals surface area contributed by atoms with Crippen molar-refractivity contribution in [2.24, 2.45) is 0 Å². The summed E-state index contributed by atoms with van der Waals surface area (Å²) >= 11 is 0. The maximum atomic E-state index is 11.7. The third-order valence-electron chi connectivity index (χ3n) is 2.42. The van der Waals surface area contributed by atoms with Gasteiger partial charge in [-0.25, -0.2) is 9.97 Å². The van der Waals surface area contributed by atoms with Gasteiger partial charge < -0.3 is 16.4 Å². The monoisotopic (exact) mass is 251 g/mol. The van der Waals surface area contributed by atoms with Crippen LogP contribution in [-0.2, 0) is 11.2 Å². The molecule has 0 aliphatic heterocycles. The number of nitrogens with one attached hydrogen (secondary N) is 2. The van der Waals surface area contributed by atoms with E-state index in [1.807, 2.05) is 13.8 Å². The molecule has 6 heteroatoms. The molecule has 0 saturated carbocycles. The molecular formula is C12H21N5O. The molecule has 1 atom stereocenters. The van der Waals surface area contributed by atoms with Crippen molar-refractivity contribution in [3.63, 3.8) is 0 Å². The first-order valence-corrected chi connectivity index (χ1v) is 6.24. The number of amides is 1. The number of hydrogen-bond donors (Lipinski definition) is 3. The Morgan fingerprint density at radius 2 is 2.17 bits per heavy atom. The average Bonchev–Trinajstić information content (AvgIpc) is 2.34. The predicted molar refractivity (Wildman–Crippen MR) is 72.2 cm³/mol. The van der Waals surface area contributed by atoms with E-state index in [-0.39, 0.29) is 11.9 Å². The van der Waals surface area contributed by atoms with Gasteiger partial charge in [-0.3, -0.25) is 4.79 Å². The van der Waals surface area contributed by atoms with E-state index in [0.29, 0.717) is 30.4 Å². The van der Waals surface area contributed by atoms with Gasteiger partial charge in [-0.2, -0.15) is 0 Å². The lowest BCUT2D eigenvalue weighted by Crippen LogP contribution is -2.38. The van der Waals surface area contributed by atoms with Crippen molar-refractivity contribution in [1.29, 1.82) is 0 Å². The van der Waals surface area contributed by atoms with Crippen LogP contribution in [0.5, 0.6) is 0 Å². The number of nitrogens with two attached hydrogens (primary N) is 1. The van der Waals surface area contributed by atoms with E-state index in [1.165, 1.54) is 0 Å². The number of aryl methyl sites for hydroxylation is 1. The molecule has 1 amide bonds. The molecule has 0 aromatic carbocycles. The summed E-state index contributed by atoms with van der Waals surface area (Å²) in [4.78, 5) is 20.1. The third kappa shape index (κ3) is 4.20. The normalized spacial score (nSPS) is 11.9. The SMILES string of the molecule is CCCNC(=O)C(C)Nc1cc(N)nc(CC)n1. The van der Waals surface area contributed by atoms with Crippen LogP contribution >= 0.6 is 0 Å². The lowest BCUT2D eigenvalue weighted by atomic mass is 10.3. The maximum Gasteiger partial charge on any atom is 0.242 e. The highest BCUT2D eigenvalue weighted by atomic mass is 16.2. The zero-order valence-electron chi connectivity index (χ0n) is 11.2. The Bertz CT molecular complexity index is 407. The summed E-state index contributed by atoms with van der Waals surface area (Å²) in [6.07, 6.45) is 1.62.